The number of aliphatic hydroxyl groups excluding tert-OH is 1. The SMILES string of the molecule is CCN1C(=O)C2(c3ccccc31)c1oc(CO)cc(=O)c1OC(=N)C2C(=O)OC. The van der Waals surface area contributed by atoms with E-state index in [4.69, 9.17) is 19.3 Å². The summed E-state index contributed by atoms with van der Waals surface area (Å²) in [6.45, 7) is 1.47. The smallest absolute Gasteiger partial charge is 0.320 e. The van der Waals surface area contributed by atoms with Crippen LogP contribution in [0, 0.1) is 11.3 Å². The molecule has 2 aromatic rings. The molecule has 0 saturated heterocycles. The Kier molecular flexibility index (Phi) is 4.27. The van der Waals surface area contributed by atoms with Crippen molar-refractivity contribution in [2.24, 2.45) is 5.92 Å². The number of esters is 1. The number of fused-ring (bicyclic) bond motifs is 4. The summed E-state index contributed by atoms with van der Waals surface area (Å²) >= 11 is 0. The van der Waals surface area contributed by atoms with Crippen molar-refractivity contribution in [3.8, 4) is 5.75 Å². The van der Waals surface area contributed by atoms with Crippen LogP contribution < -0.4 is 15.1 Å². The third-order valence-corrected chi connectivity index (χ3v) is 5.33. The van der Waals surface area contributed by atoms with Crippen molar-refractivity contribution in [2.45, 2.75) is 18.9 Å². The number of benzene rings is 1. The molecule has 29 heavy (non-hydrogen) atoms. The van der Waals surface area contributed by atoms with Gasteiger partial charge in [0.1, 0.15) is 12.4 Å². The first-order valence-corrected chi connectivity index (χ1v) is 8.95. The molecule has 2 aliphatic heterocycles. The molecule has 3 heterocycles. The maximum absolute atomic E-state index is 13.8. The zero-order valence-corrected chi connectivity index (χ0v) is 15.7. The van der Waals surface area contributed by atoms with Gasteiger partial charge in [0.15, 0.2) is 17.1 Å². The van der Waals surface area contributed by atoms with Gasteiger partial charge in [0.05, 0.1) is 7.11 Å². The molecule has 150 valence electrons. The van der Waals surface area contributed by atoms with Gasteiger partial charge in [-0.2, -0.15) is 0 Å². The molecule has 0 saturated carbocycles. The molecule has 2 aliphatic rings. The minimum Gasteiger partial charge on any atom is -0.468 e. The summed E-state index contributed by atoms with van der Waals surface area (Å²) in [6.07, 6.45) is 0. The zero-order chi connectivity index (χ0) is 20.9. The Balaban J connectivity index is 2.18. The number of likely N-dealkylation sites (N-methyl/N-ethyl adjacent to an activating group) is 1. The third kappa shape index (κ3) is 2.31. The third-order valence-electron chi connectivity index (χ3n) is 5.33. The van der Waals surface area contributed by atoms with Crippen LogP contribution >= 0.6 is 0 Å². The second-order valence-corrected chi connectivity index (χ2v) is 6.69. The molecule has 2 atom stereocenters. The lowest BCUT2D eigenvalue weighted by Gasteiger charge is -2.37. The highest BCUT2D eigenvalue weighted by molar-refractivity contribution is 6.18. The number of hydrogen-bond acceptors (Lipinski definition) is 8. The van der Waals surface area contributed by atoms with Gasteiger partial charge in [-0.1, -0.05) is 18.2 Å². The number of carbonyl (C=O) groups excluding carboxylic acids is 2. The molecular formula is C20H18N2O7. The Hall–Kier alpha value is -3.46. The topological polar surface area (TPSA) is 130 Å². The monoisotopic (exact) mass is 398 g/mol. The summed E-state index contributed by atoms with van der Waals surface area (Å²) in [5.74, 6) is -4.16. The van der Waals surface area contributed by atoms with Crippen molar-refractivity contribution in [3.63, 3.8) is 0 Å². The number of methoxy groups -OCH3 is 1. The summed E-state index contributed by atoms with van der Waals surface area (Å²) in [5, 5.41) is 17.9. The van der Waals surface area contributed by atoms with Crippen molar-refractivity contribution >= 4 is 23.5 Å². The van der Waals surface area contributed by atoms with Crippen molar-refractivity contribution in [3.05, 3.63) is 57.6 Å². The van der Waals surface area contributed by atoms with E-state index >= 15 is 0 Å². The number of carbonyl (C=O) groups is 2. The highest BCUT2D eigenvalue weighted by Crippen LogP contribution is 2.55. The van der Waals surface area contributed by atoms with E-state index in [1.54, 1.807) is 31.2 Å². The van der Waals surface area contributed by atoms with Gasteiger partial charge >= 0.3 is 5.97 Å². The van der Waals surface area contributed by atoms with E-state index < -0.39 is 41.1 Å². The van der Waals surface area contributed by atoms with Gasteiger partial charge < -0.3 is 23.9 Å². The van der Waals surface area contributed by atoms with Crippen LogP contribution in [0.15, 0.2) is 39.5 Å². The van der Waals surface area contributed by atoms with E-state index in [2.05, 4.69) is 0 Å². The molecule has 2 N–H and O–H groups in total. The van der Waals surface area contributed by atoms with Crippen molar-refractivity contribution in [1.82, 2.24) is 0 Å². The summed E-state index contributed by atoms with van der Waals surface area (Å²) in [4.78, 5) is 40.6. The molecule has 0 fully saturated rings. The first-order chi connectivity index (χ1) is 13.9. The second kappa shape index (κ2) is 6.56. The molecule has 9 heteroatoms. The quantitative estimate of drug-likeness (QED) is 0.736. The van der Waals surface area contributed by atoms with E-state index in [9.17, 15) is 19.5 Å². The lowest BCUT2D eigenvalue weighted by atomic mass is 9.67. The van der Waals surface area contributed by atoms with E-state index in [1.807, 2.05) is 0 Å². The molecule has 1 amide bonds. The highest BCUT2D eigenvalue weighted by atomic mass is 16.5. The Morgan fingerprint density at radius 3 is 2.72 bits per heavy atom. The largest absolute Gasteiger partial charge is 0.468 e. The average molecular weight is 398 g/mol. The summed E-state index contributed by atoms with van der Waals surface area (Å²) < 4.78 is 16.0. The molecule has 0 radical (unpaired) electrons. The average Bonchev–Trinajstić information content (AvgIpc) is 2.97. The Labute approximate surface area is 165 Å². The van der Waals surface area contributed by atoms with Crippen LogP contribution in [0.3, 0.4) is 0 Å². The fraction of sp³-hybridized carbons (Fsp3) is 0.300. The number of ether oxygens (including phenoxy) is 2. The van der Waals surface area contributed by atoms with E-state index in [0.717, 1.165) is 13.2 Å². The van der Waals surface area contributed by atoms with Crippen LogP contribution in [0.25, 0.3) is 0 Å². The molecule has 1 spiro atoms. The molecule has 1 aromatic carbocycles. The standard InChI is InChI=1S/C20H18N2O7/c1-3-22-12-7-5-4-6-11(12)20(19(22)26)14(18(25)27-2)17(21)29-15-13(24)8-10(9-23)28-16(15)20/h4-8,14,21,23H,3,9H2,1-2H3. The van der Waals surface area contributed by atoms with Crippen LogP contribution in [0.2, 0.25) is 0 Å². The fourth-order valence-corrected chi connectivity index (χ4v) is 4.16. The number of nitrogens with zero attached hydrogens (tertiary/aromatic N) is 1. The van der Waals surface area contributed by atoms with E-state index in [1.165, 1.54) is 4.90 Å². The molecule has 0 bridgehead atoms. The van der Waals surface area contributed by atoms with E-state index in [0.29, 0.717) is 17.8 Å². The number of rotatable bonds is 3. The van der Waals surface area contributed by atoms with Gasteiger partial charge in [-0.05, 0) is 13.0 Å². The lowest BCUT2D eigenvalue weighted by Crippen LogP contribution is -2.56. The van der Waals surface area contributed by atoms with Crippen LogP contribution in [-0.4, -0.2) is 36.5 Å². The van der Waals surface area contributed by atoms with Crippen molar-refractivity contribution in [2.75, 3.05) is 18.6 Å². The Morgan fingerprint density at radius 1 is 1.34 bits per heavy atom. The first kappa shape index (κ1) is 18.9. The summed E-state index contributed by atoms with van der Waals surface area (Å²) in [7, 11) is 1.14. The number of anilines is 1. The highest BCUT2D eigenvalue weighted by Gasteiger charge is 2.66. The van der Waals surface area contributed by atoms with Gasteiger partial charge in [-0.15, -0.1) is 0 Å². The number of aliphatic hydroxyl groups is 1. The number of hydrogen-bond donors (Lipinski definition) is 2. The number of amides is 1. The molecular weight excluding hydrogens is 380 g/mol. The Bertz CT molecular complexity index is 1110. The molecule has 9 nitrogen and oxygen atoms in total. The van der Waals surface area contributed by atoms with Crippen LogP contribution in [0.1, 0.15) is 24.0 Å². The molecule has 4 rings (SSSR count). The van der Waals surface area contributed by atoms with Crippen LogP contribution in [-0.2, 0) is 26.3 Å². The minimum absolute atomic E-state index is 0.0889. The molecule has 0 aliphatic carbocycles. The van der Waals surface area contributed by atoms with Gasteiger partial charge in [-0.3, -0.25) is 19.8 Å². The number of nitrogens with one attached hydrogen (secondary N) is 1. The van der Waals surface area contributed by atoms with Gasteiger partial charge in [0, 0.05) is 23.9 Å². The summed E-state index contributed by atoms with van der Waals surface area (Å²) in [5.41, 5.74) is -1.58. The number of para-hydroxylation sites is 1. The summed E-state index contributed by atoms with van der Waals surface area (Å²) in [6, 6.07) is 7.82. The second-order valence-electron chi connectivity index (χ2n) is 6.69. The van der Waals surface area contributed by atoms with E-state index in [-0.39, 0.29) is 17.3 Å². The Morgan fingerprint density at radius 2 is 2.07 bits per heavy atom. The van der Waals surface area contributed by atoms with Gasteiger partial charge in [-0.25, -0.2) is 0 Å². The van der Waals surface area contributed by atoms with Crippen LogP contribution in [0.4, 0.5) is 5.69 Å². The van der Waals surface area contributed by atoms with Gasteiger partial charge in [0.2, 0.25) is 23.0 Å². The molecule has 1 aromatic heterocycles. The van der Waals surface area contributed by atoms with Crippen molar-refractivity contribution in [1.29, 1.82) is 5.41 Å². The lowest BCUT2D eigenvalue weighted by molar-refractivity contribution is -0.148. The van der Waals surface area contributed by atoms with Gasteiger partial charge in [0.25, 0.3) is 0 Å². The minimum atomic E-state index is -1.85. The molecule has 2 unspecified atom stereocenters. The first-order valence-electron chi connectivity index (χ1n) is 8.95. The zero-order valence-electron chi connectivity index (χ0n) is 15.7. The maximum Gasteiger partial charge on any atom is 0.320 e. The normalized spacial score (nSPS) is 22.3. The predicted octanol–water partition coefficient (Wildman–Crippen LogP) is 0.944. The fourth-order valence-electron chi connectivity index (χ4n) is 4.16. The maximum atomic E-state index is 13.8. The van der Waals surface area contributed by atoms with Crippen LogP contribution in [0.5, 0.6) is 5.75 Å². The van der Waals surface area contributed by atoms with Crippen molar-refractivity contribution < 1.29 is 28.6 Å². The predicted molar refractivity (Wildman–Crippen MR) is 100 cm³/mol.